The molecule has 0 heterocycles. The number of hydrogen-bond acceptors (Lipinski definition) is 0. The molecule has 0 fully saturated rings. The van der Waals surface area contributed by atoms with Crippen molar-refractivity contribution in [2.24, 2.45) is 0 Å². The first kappa shape index (κ1) is 11.4. The Morgan fingerprint density at radius 2 is 1.79 bits per heavy atom. The summed E-state index contributed by atoms with van der Waals surface area (Å²) in [4.78, 5) is 0. The third-order valence-corrected chi connectivity index (χ3v) is 5.51. The largest absolute Gasteiger partial charge is 0.314 e. The molecule has 1 aromatic rings. The van der Waals surface area contributed by atoms with Crippen LogP contribution in [-0.4, -0.2) is 8.41 Å². The molecule has 0 aliphatic rings. The van der Waals surface area contributed by atoms with E-state index in [0.717, 1.165) is 12.8 Å². The predicted octanol–water partition coefficient (Wildman–Crippen LogP) is 4.18. The van der Waals surface area contributed by atoms with Crippen LogP contribution in [0.3, 0.4) is 0 Å². The lowest BCUT2D eigenvalue weighted by atomic mass is 10.1. The summed E-state index contributed by atoms with van der Waals surface area (Å²) in [6.45, 7) is 5.63. The second-order valence-corrected chi connectivity index (χ2v) is 8.60. The molecule has 14 heavy (non-hydrogen) atoms. The fourth-order valence-corrected chi connectivity index (χ4v) is 2.20. The molecule has 0 saturated carbocycles. The Hall–Kier alpha value is -0.633. The Balaban J connectivity index is 2.42. The number of hydrogen-bond donors (Lipinski definition) is 0. The van der Waals surface area contributed by atoms with Gasteiger partial charge in [-0.3, -0.25) is 0 Å². The Labute approximate surface area is 87.3 Å². The lowest BCUT2D eigenvalue weighted by Gasteiger charge is -2.20. The van der Waals surface area contributed by atoms with E-state index in [1.165, 1.54) is 5.56 Å². The quantitative estimate of drug-likeness (QED) is 0.516. The number of aryl methyl sites for hydroxylation is 1. The summed E-state index contributed by atoms with van der Waals surface area (Å²) < 4.78 is 13.6. The molecule has 0 spiro atoms. The normalized spacial score (nSPS) is 14.0. The van der Waals surface area contributed by atoms with E-state index in [1.807, 2.05) is 25.1 Å². The molecule has 1 aromatic carbocycles. The zero-order chi connectivity index (χ0) is 10.6. The van der Waals surface area contributed by atoms with Crippen LogP contribution in [0.2, 0.25) is 18.6 Å². The van der Waals surface area contributed by atoms with Crippen molar-refractivity contribution in [3.05, 3.63) is 35.9 Å². The van der Waals surface area contributed by atoms with Gasteiger partial charge in [-0.05, 0) is 37.0 Å². The third-order valence-electron chi connectivity index (χ3n) is 2.88. The van der Waals surface area contributed by atoms with E-state index >= 15 is 0 Å². The maximum Gasteiger partial charge on any atom is 0.243 e. The van der Waals surface area contributed by atoms with E-state index < -0.39 is 8.41 Å². The van der Waals surface area contributed by atoms with Gasteiger partial charge in [0.05, 0.1) is 0 Å². The molecule has 0 N–H and O–H groups in total. The van der Waals surface area contributed by atoms with Gasteiger partial charge in [0.1, 0.15) is 0 Å². The van der Waals surface area contributed by atoms with Crippen molar-refractivity contribution < 1.29 is 4.11 Å². The van der Waals surface area contributed by atoms with Crippen molar-refractivity contribution in [2.75, 3.05) is 0 Å². The SMILES string of the molecule is CC(CCc1ccccc1)[Si](C)(C)F. The van der Waals surface area contributed by atoms with Crippen LogP contribution in [0.4, 0.5) is 4.11 Å². The van der Waals surface area contributed by atoms with Crippen LogP contribution in [0, 0.1) is 0 Å². The smallest absolute Gasteiger partial charge is 0.243 e. The molecule has 0 radical (unpaired) electrons. The highest BCUT2D eigenvalue weighted by Gasteiger charge is 2.28. The van der Waals surface area contributed by atoms with Gasteiger partial charge in [-0.1, -0.05) is 37.3 Å². The van der Waals surface area contributed by atoms with Crippen molar-refractivity contribution in [3.8, 4) is 0 Å². The van der Waals surface area contributed by atoms with Crippen molar-refractivity contribution in [1.82, 2.24) is 0 Å². The summed E-state index contributed by atoms with van der Waals surface area (Å²) >= 11 is 0. The average molecular weight is 210 g/mol. The number of halogens is 1. The molecule has 1 unspecified atom stereocenters. The Morgan fingerprint density at radius 1 is 1.21 bits per heavy atom. The van der Waals surface area contributed by atoms with Crippen LogP contribution in [0.15, 0.2) is 30.3 Å². The minimum absolute atomic E-state index is 0.253. The van der Waals surface area contributed by atoms with Crippen molar-refractivity contribution >= 4 is 8.41 Å². The lowest BCUT2D eigenvalue weighted by molar-refractivity contribution is 0.676. The first-order valence-corrected chi connectivity index (χ1v) is 8.18. The molecule has 0 aliphatic carbocycles. The van der Waals surface area contributed by atoms with Crippen molar-refractivity contribution in [1.29, 1.82) is 0 Å². The molecule has 0 aromatic heterocycles. The van der Waals surface area contributed by atoms with Gasteiger partial charge in [0.25, 0.3) is 0 Å². The number of rotatable bonds is 4. The van der Waals surface area contributed by atoms with Crippen LogP contribution >= 0.6 is 0 Å². The Kier molecular flexibility index (Phi) is 3.87. The van der Waals surface area contributed by atoms with Crippen molar-refractivity contribution in [2.45, 2.75) is 38.4 Å². The molecular weight excluding hydrogens is 191 g/mol. The van der Waals surface area contributed by atoms with Crippen LogP contribution in [0.1, 0.15) is 18.9 Å². The first-order valence-electron chi connectivity index (χ1n) is 5.23. The lowest BCUT2D eigenvalue weighted by Crippen LogP contribution is -2.24. The van der Waals surface area contributed by atoms with Gasteiger partial charge in [-0.25, -0.2) is 0 Å². The fourth-order valence-electron chi connectivity index (χ4n) is 1.37. The summed E-state index contributed by atoms with van der Waals surface area (Å²) in [5.74, 6) is 0. The van der Waals surface area contributed by atoms with E-state index in [0.29, 0.717) is 0 Å². The number of benzene rings is 1. The summed E-state index contributed by atoms with van der Waals surface area (Å²) in [5.41, 5.74) is 1.57. The summed E-state index contributed by atoms with van der Waals surface area (Å²) in [6.07, 6.45) is 1.97. The zero-order valence-electron chi connectivity index (χ0n) is 9.26. The van der Waals surface area contributed by atoms with Gasteiger partial charge in [0.15, 0.2) is 0 Å². The molecule has 1 atom stereocenters. The van der Waals surface area contributed by atoms with Gasteiger partial charge in [-0.15, -0.1) is 0 Å². The predicted molar refractivity (Wildman–Crippen MR) is 62.8 cm³/mol. The minimum Gasteiger partial charge on any atom is -0.314 e. The topological polar surface area (TPSA) is 0 Å². The molecule has 78 valence electrons. The first-order chi connectivity index (χ1) is 6.50. The monoisotopic (exact) mass is 210 g/mol. The minimum atomic E-state index is -2.41. The Morgan fingerprint density at radius 3 is 2.29 bits per heavy atom. The van der Waals surface area contributed by atoms with Gasteiger partial charge >= 0.3 is 0 Å². The molecule has 0 nitrogen and oxygen atoms in total. The highest BCUT2D eigenvalue weighted by atomic mass is 28.4. The molecule has 0 amide bonds. The fraction of sp³-hybridized carbons (Fsp3) is 0.500. The van der Waals surface area contributed by atoms with E-state index in [9.17, 15) is 4.11 Å². The van der Waals surface area contributed by atoms with Gasteiger partial charge in [0.2, 0.25) is 8.41 Å². The van der Waals surface area contributed by atoms with E-state index in [1.54, 1.807) is 13.1 Å². The third kappa shape index (κ3) is 3.62. The van der Waals surface area contributed by atoms with Crippen LogP contribution in [0.5, 0.6) is 0 Å². The second-order valence-electron chi connectivity index (χ2n) is 4.49. The van der Waals surface area contributed by atoms with Gasteiger partial charge < -0.3 is 4.11 Å². The van der Waals surface area contributed by atoms with E-state index in [-0.39, 0.29) is 5.54 Å². The summed E-state index contributed by atoms with van der Waals surface area (Å²) in [7, 11) is -2.41. The van der Waals surface area contributed by atoms with Gasteiger partial charge in [0, 0.05) is 0 Å². The highest BCUT2D eigenvalue weighted by molar-refractivity contribution is 6.71. The zero-order valence-corrected chi connectivity index (χ0v) is 10.3. The molecule has 0 saturated heterocycles. The van der Waals surface area contributed by atoms with Crippen LogP contribution in [0.25, 0.3) is 0 Å². The highest BCUT2D eigenvalue weighted by Crippen LogP contribution is 2.27. The van der Waals surface area contributed by atoms with Gasteiger partial charge in [-0.2, -0.15) is 0 Å². The average Bonchev–Trinajstić information content (AvgIpc) is 2.14. The van der Waals surface area contributed by atoms with Crippen LogP contribution in [-0.2, 0) is 6.42 Å². The second kappa shape index (κ2) is 4.74. The standard InChI is InChI=1S/C12H19FSi/c1-11(14(2,3)13)9-10-12-7-5-4-6-8-12/h4-8,11H,9-10H2,1-3H3. The van der Waals surface area contributed by atoms with E-state index in [2.05, 4.69) is 12.1 Å². The summed E-state index contributed by atoms with van der Waals surface area (Å²) in [5, 5.41) is 0. The summed E-state index contributed by atoms with van der Waals surface area (Å²) in [6, 6.07) is 10.3. The van der Waals surface area contributed by atoms with Crippen LogP contribution < -0.4 is 0 Å². The maximum absolute atomic E-state index is 13.6. The maximum atomic E-state index is 13.6. The molecule has 2 heteroatoms. The molecule has 0 aliphatic heterocycles. The molecule has 1 rings (SSSR count). The van der Waals surface area contributed by atoms with Crippen molar-refractivity contribution in [3.63, 3.8) is 0 Å². The Bertz CT molecular complexity index is 263. The molecular formula is C12H19FSi. The van der Waals surface area contributed by atoms with E-state index in [4.69, 9.17) is 0 Å². The molecule has 0 bridgehead atoms.